The average molecular weight is 792 g/mol. The molecule has 0 amide bonds. The van der Waals surface area contributed by atoms with Crippen LogP contribution in [0.5, 0.6) is 0 Å². The van der Waals surface area contributed by atoms with Crippen LogP contribution in [0.15, 0.2) is 242 Å². The monoisotopic (exact) mass is 791 g/mol. The van der Waals surface area contributed by atoms with Crippen molar-refractivity contribution >= 4 is 28.5 Å². The highest BCUT2D eigenvalue weighted by atomic mass is 15.2. The van der Waals surface area contributed by atoms with Crippen LogP contribution in [0.25, 0.3) is 39.1 Å². The Morgan fingerprint density at radius 3 is 1.56 bits per heavy atom. The maximum atomic E-state index is 5.27. The number of allylic oxidation sites excluding steroid dienone is 1. The van der Waals surface area contributed by atoms with E-state index >= 15 is 0 Å². The van der Waals surface area contributed by atoms with Crippen LogP contribution in [-0.2, 0) is 5.41 Å². The number of hydrogen-bond acceptors (Lipinski definition) is 3. The number of rotatable bonds is 6. The second-order valence-electron chi connectivity index (χ2n) is 16.3. The molecule has 3 nitrogen and oxygen atoms in total. The van der Waals surface area contributed by atoms with Crippen molar-refractivity contribution in [2.75, 3.05) is 4.90 Å². The predicted molar refractivity (Wildman–Crippen MR) is 256 cm³/mol. The van der Waals surface area contributed by atoms with Gasteiger partial charge in [-0.15, -0.1) is 0 Å². The molecule has 0 saturated heterocycles. The third-order valence-corrected chi connectivity index (χ3v) is 12.9. The Morgan fingerprint density at radius 2 is 0.887 bits per heavy atom. The molecule has 1 spiro atoms. The summed E-state index contributed by atoms with van der Waals surface area (Å²) in [5.41, 5.74) is 20.9. The van der Waals surface area contributed by atoms with Gasteiger partial charge in [-0.05, 0) is 115 Å². The van der Waals surface area contributed by atoms with E-state index in [0.717, 1.165) is 44.9 Å². The van der Waals surface area contributed by atoms with Crippen molar-refractivity contribution in [3.05, 3.63) is 276 Å². The third kappa shape index (κ3) is 5.70. The van der Waals surface area contributed by atoms with Crippen molar-refractivity contribution in [3.63, 3.8) is 0 Å². The highest BCUT2D eigenvalue weighted by Gasteiger charge is 2.51. The first kappa shape index (κ1) is 35.9. The van der Waals surface area contributed by atoms with E-state index in [0.29, 0.717) is 0 Å². The molecule has 0 bridgehead atoms. The van der Waals surface area contributed by atoms with Crippen molar-refractivity contribution in [1.82, 2.24) is 5.32 Å². The summed E-state index contributed by atoms with van der Waals surface area (Å²) in [7, 11) is 0. The number of nitrogens with zero attached hydrogens (tertiary/aromatic N) is 2. The summed E-state index contributed by atoms with van der Waals surface area (Å²) >= 11 is 0. The Morgan fingerprint density at radius 1 is 0.387 bits per heavy atom. The van der Waals surface area contributed by atoms with Gasteiger partial charge in [0.2, 0.25) is 0 Å². The van der Waals surface area contributed by atoms with Crippen LogP contribution in [-0.4, -0.2) is 5.71 Å². The zero-order chi connectivity index (χ0) is 41.0. The van der Waals surface area contributed by atoms with E-state index in [1.807, 2.05) is 0 Å². The number of para-hydroxylation sites is 3. The van der Waals surface area contributed by atoms with Gasteiger partial charge < -0.3 is 10.2 Å². The van der Waals surface area contributed by atoms with Crippen molar-refractivity contribution in [1.29, 1.82) is 0 Å². The lowest BCUT2D eigenvalue weighted by atomic mass is 9.64. The molecule has 292 valence electrons. The van der Waals surface area contributed by atoms with Gasteiger partial charge in [0, 0.05) is 16.9 Å². The summed E-state index contributed by atoms with van der Waals surface area (Å²) in [6, 6.07) is 83.8. The molecule has 2 heterocycles. The van der Waals surface area contributed by atoms with Gasteiger partial charge in [0.05, 0.1) is 22.5 Å². The molecule has 3 heteroatoms. The molecule has 9 aromatic rings. The third-order valence-electron chi connectivity index (χ3n) is 12.9. The number of aliphatic imine (C=N–C) groups is 1. The van der Waals surface area contributed by atoms with Crippen LogP contribution in [0, 0.1) is 0 Å². The highest BCUT2D eigenvalue weighted by Crippen LogP contribution is 2.63. The standard InChI is InChI=1S/C59H41N3/c1-4-18-40(19-5-1)54-39-55(61-58(60-54)41-20-6-2-7-21-41)46-25-17-24-44(37-46)42-22-16-23-43(36-42)45-34-35-49-48-28-10-11-29-50(48)59(53(49)38-45)51-30-12-14-32-56(51)62(47-26-8-3-9-27-47)57-33-15-13-31-52(57)59/h1-39,58,60H. The van der Waals surface area contributed by atoms with E-state index in [2.05, 4.69) is 247 Å². The van der Waals surface area contributed by atoms with Crippen LogP contribution in [0.2, 0.25) is 0 Å². The minimum absolute atomic E-state index is 0.197. The fourth-order valence-corrected chi connectivity index (χ4v) is 10.1. The molecule has 2 aliphatic heterocycles. The molecule has 1 unspecified atom stereocenters. The molecule has 9 aromatic carbocycles. The minimum atomic E-state index is -0.508. The zero-order valence-electron chi connectivity index (χ0n) is 34.0. The Hall–Kier alpha value is -8.01. The number of hydrogen-bond donors (Lipinski definition) is 1. The molecule has 1 aliphatic carbocycles. The van der Waals surface area contributed by atoms with Crippen LogP contribution >= 0.6 is 0 Å². The molecule has 3 aliphatic rings. The molecule has 1 N–H and O–H groups in total. The van der Waals surface area contributed by atoms with E-state index in [1.165, 1.54) is 55.9 Å². The predicted octanol–water partition coefficient (Wildman–Crippen LogP) is 14.3. The van der Waals surface area contributed by atoms with E-state index in [4.69, 9.17) is 4.99 Å². The number of nitrogens with one attached hydrogen (secondary N) is 1. The Labute approximate surface area is 362 Å². The smallest absolute Gasteiger partial charge is 0.145 e. The topological polar surface area (TPSA) is 27.6 Å². The summed E-state index contributed by atoms with van der Waals surface area (Å²) in [6.07, 6.45) is 1.99. The maximum Gasteiger partial charge on any atom is 0.145 e. The summed E-state index contributed by atoms with van der Waals surface area (Å²) in [5, 5.41) is 3.69. The van der Waals surface area contributed by atoms with Gasteiger partial charge in [-0.25, -0.2) is 0 Å². The molecule has 0 aromatic heterocycles. The van der Waals surface area contributed by atoms with Crippen molar-refractivity contribution in [3.8, 4) is 33.4 Å². The largest absolute Gasteiger partial charge is 0.360 e. The normalized spacial score (nSPS) is 15.4. The summed E-state index contributed by atoms with van der Waals surface area (Å²) < 4.78 is 0. The van der Waals surface area contributed by atoms with Crippen LogP contribution < -0.4 is 10.2 Å². The average Bonchev–Trinajstić information content (AvgIpc) is 3.65. The van der Waals surface area contributed by atoms with Crippen LogP contribution in [0.3, 0.4) is 0 Å². The Balaban J connectivity index is 0.976. The quantitative estimate of drug-likeness (QED) is 0.182. The number of anilines is 3. The maximum absolute atomic E-state index is 5.27. The molecule has 12 rings (SSSR count). The van der Waals surface area contributed by atoms with Gasteiger partial charge in [-0.2, -0.15) is 0 Å². The first-order valence-electron chi connectivity index (χ1n) is 21.4. The summed E-state index contributed by atoms with van der Waals surface area (Å²) in [6.45, 7) is 0. The molecule has 62 heavy (non-hydrogen) atoms. The second kappa shape index (κ2) is 14.6. The van der Waals surface area contributed by atoms with Gasteiger partial charge in [0.25, 0.3) is 0 Å². The van der Waals surface area contributed by atoms with Gasteiger partial charge in [-0.3, -0.25) is 4.99 Å². The van der Waals surface area contributed by atoms with Crippen molar-refractivity contribution in [2.24, 2.45) is 4.99 Å². The first-order chi connectivity index (χ1) is 30.7. The van der Waals surface area contributed by atoms with Crippen molar-refractivity contribution in [2.45, 2.75) is 11.6 Å². The van der Waals surface area contributed by atoms with Gasteiger partial charge in [0.15, 0.2) is 0 Å². The molecular weight excluding hydrogens is 751 g/mol. The fraction of sp³-hybridized carbons (Fsp3) is 0.0339. The SMILES string of the molecule is C1=C(c2ccccc2)NC(c2ccccc2)N=C1c1cccc(-c2cccc(-c3ccc4c(c3)C3(c5ccccc5-4)c4ccccc4N(c4ccccc4)c4ccccc43)c2)c1. The van der Waals surface area contributed by atoms with Crippen LogP contribution in [0.1, 0.15) is 45.1 Å². The Kier molecular flexibility index (Phi) is 8.46. The van der Waals surface area contributed by atoms with E-state index in [9.17, 15) is 0 Å². The number of fused-ring (bicyclic) bond motifs is 9. The van der Waals surface area contributed by atoms with Gasteiger partial charge >= 0.3 is 0 Å². The Bertz CT molecular complexity index is 3170. The second-order valence-corrected chi connectivity index (χ2v) is 16.3. The molecular formula is C59H41N3. The molecule has 0 fully saturated rings. The molecule has 0 radical (unpaired) electrons. The lowest BCUT2D eigenvalue weighted by Crippen LogP contribution is -2.36. The lowest BCUT2D eigenvalue weighted by Gasteiger charge is -2.45. The van der Waals surface area contributed by atoms with E-state index < -0.39 is 5.41 Å². The first-order valence-corrected chi connectivity index (χ1v) is 21.4. The van der Waals surface area contributed by atoms with Crippen molar-refractivity contribution < 1.29 is 0 Å². The van der Waals surface area contributed by atoms with Gasteiger partial charge in [-0.1, -0.05) is 188 Å². The highest BCUT2D eigenvalue weighted by molar-refractivity contribution is 6.13. The van der Waals surface area contributed by atoms with Crippen LogP contribution in [0.4, 0.5) is 17.1 Å². The molecule has 1 atom stereocenters. The fourth-order valence-electron chi connectivity index (χ4n) is 10.1. The summed E-state index contributed by atoms with van der Waals surface area (Å²) in [4.78, 5) is 7.71. The van der Waals surface area contributed by atoms with Gasteiger partial charge in [0.1, 0.15) is 6.17 Å². The number of benzene rings is 9. The summed E-state index contributed by atoms with van der Waals surface area (Å²) in [5.74, 6) is 0. The molecule has 0 saturated carbocycles. The lowest BCUT2D eigenvalue weighted by molar-refractivity contribution is 0.664. The van der Waals surface area contributed by atoms with E-state index in [1.54, 1.807) is 0 Å². The van der Waals surface area contributed by atoms with E-state index in [-0.39, 0.29) is 6.17 Å². The minimum Gasteiger partial charge on any atom is -0.360 e. The zero-order valence-corrected chi connectivity index (χ0v) is 34.0.